The van der Waals surface area contributed by atoms with E-state index in [9.17, 15) is 0 Å². The van der Waals surface area contributed by atoms with E-state index in [2.05, 4.69) is 48.5 Å². The van der Waals surface area contributed by atoms with Gasteiger partial charge in [-0.1, -0.05) is 32.9 Å². The molecule has 0 bridgehead atoms. The van der Waals surface area contributed by atoms with Gasteiger partial charge in [0.2, 0.25) is 0 Å². The fourth-order valence-electron chi connectivity index (χ4n) is 2.00. The number of hydrogen-bond acceptors (Lipinski definition) is 3. The van der Waals surface area contributed by atoms with Crippen LogP contribution in [-0.2, 0) is 9.31 Å². The van der Waals surface area contributed by atoms with E-state index in [-0.39, 0.29) is 23.7 Å². The van der Waals surface area contributed by atoms with Crippen molar-refractivity contribution in [1.29, 1.82) is 0 Å². The van der Waals surface area contributed by atoms with Gasteiger partial charge in [-0.05, 0) is 50.7 Å². The highest BCUT2D eigenvalue weighted by molar-refractivity contribution is 6.62. The maximum atomic E-state index is 6.04. The highest BCUT2D eigenvalue weighted by Crippen LogP contribution is 2.36. The molecular weight excluding hydrogens is 263 g/mol. The minimum absolute atomic E-state index is 0.157. The predicted octanol–water partition coefficient (Wildman–Crippen LogP) is 3.41. The van der Waals surface area contributed by atoms with Gasteiger partial charge in [0.15, 0.2) is 0 Å². The van der Waals surface area contributed by atoms with Crippen LogP contribution in [0.4, 0.5) is 0 Å². The Hall–Kier alpha value is -0.995. The van der Waals surface area contributed by atoms with Crippen molar-refractivity contribution in [1.82, 2.24) is 0 Å². The van der Waals surface area contributed by atoms with Crippen LogP contribution in [-0.4, -0.2) is 24.9 Å². The van der Waals surface area contributed by atoms with Crippen molar-refractivity contribution in [2.45, 2.75) is 59.7 Å². The first-order valence-corrected chi connectivity index (χ1v) is 7.59. The summed E-state index contributed by atoms with van der Waals surface area (Å²) < 4.78 is 17.9. The number of benzene rings is 1. The van der Waals surface area contributed by atoms with Crippen LogP contribution < -0.4 is 10.2 Å². The Morgan fingerprint density at radius 1 is 0.952 bits per heavy atom. The van der Waals surface area contributed by atoms with E-state index in [1.54, 1.807) is 0 Å². The average Bonchev–Trinajstić information content (AvgIpc) is 2.56. The molecule has 0 atom stereocenters. The van der Waals surface area contributed by atoms with Gasteiger partial charge in [0.25, 0.3) is 0 Å². The molecule has 0 saturated carbocycles. The van der Waals surface area contributed by atoms with Crippen LogP contribution in [0.3, 0.4) is 0 Å². The van der Waals surface area contributed by atoms with E-state index < -0.39 is 0 Å². The van der Waals surface area contributed by atoms with Crippen molar-refractivity contribution in [2.24, 2.45) is 5.41 Å². The number of ether oxygens (including phenoxy) is 1. The van der Waals surface area contributed by atoms with Crippen molar-refractivity contribution in [3.8, 4) is 5.75 Å². The zero-order valence-corrected chi connectivity index (χ0v) is 14.3. The summed E-state index contributed by atoms with van der Waals surface area (Å²) >= 11 is 0. The van der Waals surface area contributed by atoms with Gasteiger partial charge in [-0.15, -0.1) is 0 Å². The molecule has 0 amide bonds. The lowest BCUT2D eigenvalue weighted by Gasteiger charge is -2.32. The highest BCUT2D eigenvalue weighted by Gasteiger charge is 2.51. The van der Waals surface area contributed by atoms with Gasteiger partial charge in [0.1, 0.15) is 5.75 Å². The minimum Gasteiger partial charge on any atom is -0.493 e. The summed E-state index contributed by atoms with van der Waals surface area (Å²) in [5.74, 6) is 0.880. The zero-order valence-electron chi connectivity index (χ0n) is 14.3. The van der Waals surface area contributed by atoms with Crippen molar-refractivity contribution >= 4 is 12.6 Å². The Kier molecular flexibility index (Phi) is 4.16. The van der Waals surface area contributed by atoms with Gasteiger partial charge in [-0.2, -0.15) is 0 Å². The Morgan fingerprint density at radius 3 is 1.86 bits per heavy atom. The summed E-state index contributed by atoms with van der Waals surface area (Å²) in [5, 5.41) is 0. The molecule has 116 valence electrons. The molecule has 1 aromatic carbocycles. The van der Waals surface area contributed by atoms with E-state index in [0.717, 1.165) is 11.2 Å². The van der Waals surface area contributed by atoms with Gasteiger partial charge < -0.3 is 14.0 Å². The standard InChI is InChI=1S/C17H27BO3/c1-15(2,3)12-19-14-10-8-13(9-11-14)18-20-16(4,5)17(6,7)21-18/h8-11H,12H2,1-7H3. The molecule has 0 aromatic heterocycles. The first-order chi connectivity index (χ1) is 9.50. The third kappa shape index (κ3) is 3.80. The molecular formula is C17H27BO3. The van der Waals surface area contributed by atoms with E-state index >= 15 is 0 Å². The van der Waals surface area contributed by atoms with Gasteiger partial charge >= 0.3 is 7.12 Å². The van der Waals surface area contributed by atoms with E-state index in [1.165, 1.54) is 0 Å². The van der Waals surface area contributed by atoms with Crippen LogP contribution in [0.25, 0.3) is 0 Å². The molecule has 0 N–H and O–H groups in total. The molecule has 1 aliphatic rings. The SMILES string of the molecule is CC(C)(C)COc1ccc(B2OC(C)(C)C(C)(C)O2)cc1. The summed E-state index contributed by atoms with van der Waals surface area (Å²) in [4.78, 5) is 0. The van der Waals surface area contributed by atoms with Crippen LogP contribution in [0.5, 0.6) is 5.75 Å². The smallest absolute Gasteiger partial charge is 0.493 e. The van der Waals surface area contributed by atoms with Crippen molar-refractivity contribution in [3.63, 3.8) is 0 Å². The largest absolute Gasteiger partial charge is 0.494 e. The molecule has 0 spiro atoms. The first-order valence-electron chi connectivity index (χ1n) is 7.59. The van der Waals surface area contributed by atoms with Crippen LogP contribution >= 0.6 is 0 Å². The molecule has 21 heavy (non-hydrogen) atoms. The predicted molar refractivity (Wildman–Crippen MR) is 87.1 cm³/mol. The number of rotatable bonds is 3. The molecule has 3 nitrogen and oxygen atoms in total. The third-order valence-electron chi connectivity index (χ3n) is 4.08. The number of hydrogen-bond donors (Lipinski definition) is 0. The summed E-state index contributed by atoms with van der Waals surface area (Å²) in [6.45, 7) is 15.4. The van der Waals surface area contributed by atoms with Gasteiger partial charge in [-0.25, -0.2) is 0 Å². The molecule has 0 unspecified atom stereocenters. The summed E-state index contributed by atoms with van der Waals surface area (Å²) in [6.07, 6.45) is 0. The maximum Gasteiger partial charge on any atom is 0.494 e. The van der Waals surface area contributed by atoms with Crippen LogP contribution in [0.1, 0.15) is 48.5 Å². The Balaban J connectivity index is 2.04. The molecule has 1 saturated heterocycles. The van der Waals surface area contributed by atoms with E-state index in [0.29, 0.717) is 6.61 Å². The highest BCUT2D eigenvalue weighted by atomic mass is 16.7. The van der Waals surface area contributed by atoms with E-state index in [4.69, 9.17) is 14.0 Å². The Labute approximate surface area is 129 Å². The molecule has 1 aliphatic heterocycles. The normalized spacial score (nSPS) is 20.6. The molecule has 4 heteroatoms. The monoisotopic (exact) mass is 290 g/mol. The summed E-state index contributed by atoms with van der Waals surface area (Å²) in [6, 6.07) is 7.98. The fourth-order valence-corrected chi connectivity index (χ4v) is 2.00. The lowest BCUT2D eigenvalue weighted by molar-refractivity contribution is 0.00578. The molecule has 1 aromatic rings. The summed E-state index contributed by atoms with van der Waals surface area (Å²) in [5.41, 5.74) is 0.569. The van der Waals surface area contributed by atoms with Crippen LogP contribution in [0, 0.1) is 5.41 Å². The van der Waals surface area contributed by atoms with Crippen molar-refractivity contribution in [2.75, 3.05) is 6.61 Å². The lowest BCUT2D eigenvalue weighted by atomic mass is 9.79. The minimum atomic E-state index is -0.313. The molecule has 2 rings (SSSR count). The second-order valence-corrected chi connectivity index (χ2v) is 8.01. The van der Waals surface area contributed by atoms with Gasteiger partial charge in [0.05, 0.1) is 17.8 Å². The molecule has 1 fully saturated rings. The Morgan fingerprint density at radius 2 is 1.43 bits per heavy atom. The summed E-state index contributed by atoms with van der Waals surface area (Å²) in [7, 11) is -0.313. The van der Waals surface area contributed by atoms with Crippen molar-refractivity contribution in [3.05, 3.63) is 24.3 Å². The van der Waals surface area contributed by atoms with Gasteiger partial charge in [-0.3, -0.25) is 0 Å². The van der Waals surface area contributed by atoms with Gasteiger partial charge in [0, 0.05) is 0 Å². The quantitative estimate of drug-likeness (QED) is 0.798. The third-order valence-corrected chi connectivity index (χ3v) is 4.08. The van der Waals surface area contributed by atoms with Crippen molar-refractivity contribution < 1.29 is 14.0 Å². The second kappa shape index (κ2) is 5.33. The lowest BCUT2D eigenvalue weighted by Crippen LogP contribution is -2.41. The average molecular weight is 290 g/mol. The van der Waals surface area contributed by atoms with Crippen LogP contribution in [0.15, 0.2) is 24.3 Å². The zero-order chi connectivity index (χ0) is 15.9. The maximum absolute atomic E-state index is 6.04. The second-order valence-electron chi connectivity index (χ2n) is 8.01. The van der Waals surface area contributed by atoms with Crippen LogP contribution in [0.2, 0.25) is 0 Å². The van der Waals surface area contributed by atoms with E-state index in [1.807, 2.05) is 24.3 Å². The molecule has 1 heterocycles. The topological polar surface area (TPSA) is 27.7 Å². The molecule has 0 radical (unpaired) electrons. The fraction of sp³-hybridized carbons (Fsp3) is 0.647. The molecule has 0 aliphatic carbocycles. The Bertz CT molecular complexity index is 470. The first kappa shape index (κ1) is 16.4.